The first-order chi connectivity index (χ1) is 19.2. The highest BCUT2D eigenvalue weighted by Gasteiger charge is 2.16. The molecule has 2 N–H and O–H groups in total. The zero-order valence-electron chi connectivity index (χ0n) is 20.3. The van der Waals surface area contributed by atoms with Crippen LogP contribution >= 0.6 is 23.2 Å². The Bertz CT molecular complexity index is 1640. The molecule has 0 atom stereocenters. The van der Waals surface area contributed by atoms with E-state index < -0.39 is 22.7 Å². The van der Waals surface area contributed by atoms with E-state index in [-0.39, 0.29) is 38.8 Å². The molecule has 0 saturated heterocycles. The fourth-order valence-electron chi connectivity index (χ4n) is 3.43. The van der Waals surface area contributed by atoms with Crippen molar-refractivity contribution in [2.24, 2.45) is 5.10 Å². The number of nitrogens with zero attached hydrogens (tertiary/aromatic N) is 2. The first kappa shape index (κ1) is 28.0. The SMILES string of the molecule is O=C(Nc1ccccc1C(=O)N/N=C\c1ccccc1OC(=O)c1ccc(Cl)cc1Cl)c1ccc([N+](=O)[O-])cc1. The maximum Gasteiger partial charge on any atom is 0.345 e. The van der Waals surface area contributed by atoms with Gasteiger partial charge in [-0.15, -0.1) is 0 Å². The second-order valence-electron chi connectivity index (χ2n) is 8.05. The number of nitrogens with one attached hydrogen (secondary N) is 2. The summed E-state index contributed by atoms with van der Waals surface area (Å²) in [4.78, 5) is 48.4. The molecule has 0 heterocycles. The Hall–Kier alpha value is -5.06. The predicted octanol–water partition coefficient (Wildman–Crippen LogP) is 6.14. The van der Waals surface area contributed by atoms with E-state index in [9.17, 15) is 24.5 Å². The quantitative estimate of drug-likeness (QED) is 0.0848. The lowest BCUT2D eigenvalue weighted by Gasteiger charge is -2.10. The van der Waals surface area contributed by atoms with E-state index in [1.54, 1.807) is 36.4 Å². The number of carbonyl (C=O) groups is 3. The molecule has 4 aromatic carbocycles. The maximum atomic E-state index is 12.8. The maximum absolute atomic E-state index is 12.8. The lowest BCUT2D eigenvalue weighted by molar-refractivity contribution is -0.384. The molecule has 40 heavy (non-hydrogen) atoms. The van der Waals surface area contributed by atoms with Crippen LogP contribution in [0.5, 0.6) is 5.75 Å². The largest absolute Gasteiger partial charge is 0.422 e. The normalized spacial score (nSPS) is 10.7. The second-order valence-corrected chi connectivity index (χ2v) is 8.90. The molecule has 0 spiro atoms. The third-order valence-electron chi connectivity index (χ3n) is 5.40. The van der Waals surface area contributed by atoms with Crippen LogP contribution in [0.2, 0.25) is 10.0 Å². The lowest BCUT2D eigenvalue weighted by atomic mass is 10.1. The number of nitro benzene ring substituents is 1. The van der Waals surface area contributed by atoms with Gasteiger partial charge in [0.1, 0.15) is 5.75 Å². The number of hydrazone groups is 1. The predicted molar refractivity (Wildman–Crippen MR) is 150 cm³/mol. The molecule has 0 aliphatic heterocycles. The molecule has 0 aliphatic rings. The van der Waals surface area contributed by atoms with Gasteiger partial charge in [-0.05, 0) is 54.6 Å². The van der Waals surface area contributed by atoms with Crippen molar-refractivity contribution in [3.8, 4) is 5.75 Å². The van der Waals surface area contributed by atoms with Crippen molar-refractivity contribution in [2.75, 3.05) is 5.32 Å². The third kappa shape index (κ3) is 6.87. The smallest absolute Gasteiger partial charge is 0.345 e. The summed E-state index contributed by atoms with van der Waals surface area (Å²) >= 11 is 12.0. The number of anilines is 1. The van der Waals surface area contributed by atoms with Crippen LogP contribution in [0.4, 0.5) is 11.4 Å². The van der Waals surface area contributed by atoms with Crippen molar-refractivity contribution in [3.05, 3.63) is 133 Å². The molecule has 0 unspecified atom stereocenters. The molecule has 0 bridgehead atoms. The molecule has 0 aliphatic carbocycles. The van der Waals surface area contributed by atoms with Crippen LogP contribution in [-0.4, -0.2) is 28.9 Å². The average molecular weight is 577 g/mol. The third-order valence-corrected chi connectivity index (χ3v) is 5.95. The van der Waals surface area contributed by atoms with Gasteiger partial charge in [0.05, 0.1) is 33.0 Å². The van der Waals surface area contributed by atoms with E-state index in [1.807, 2.05) is 0 Å². The molecular weight excluding hydrogens is 559 g/mol. The molecular formula is C28H18Cl2N4O6. The highest BCUT2D eigenvalue weighted by Crippen LogP contribution is 2.24. The Labute approximate surface area is 237 Å². The van der Waals surface area contributed by atoms with Crippen LogP contribution in [-0.2, 0) is 0 Å². The van der Waals surface area contributed by atoms with E-state index in [0.29, 0.717) is 10.6 Å². The summed E-state index contributed by atoms with van der Waals surface area (Å²) in [5.41, 5.74) is 3.23. The Morgan fingerprint density at radius 1 is 0.850 bits per heavy atom. The molecule has 0 aromatic heterocycles. The average Bonchev–Trinajstić information content (AvgIpc) is 2.94. The molecule has 0 saturated carbocycles. The Morgan fingerprint density at radius 3 is 2.27 bits per heavy atom. The summed E-state index contributed by atoms with van der Waals surface area (Å²) < 4.78 is 5.46. The number of hydrogen-bond acceptors (Lipinski definition) is 7. The van der Waals surface area contributed by atoms with E-state index in [4.69, 9.17) is 27.9 Å². The number of non-ortho nitro benzene ring substituents is 1. The van der Waals surface area contributed by atoms with Gasteiger partial charge in [-0.25, -0.2) is 10.2 Å². The van der Waals surface area contributed by atoms with Crippen LogP contribution in [0, 0.1) is 10.1 Å². The van der Waals surface area contributed by atoms with Gasteiger partial charge in [-0.3, -0.25) is 19.7 Å². The first-order valence-corrected chi connectivity index (χ1v) is 12.2. The van der Waals surface area contributed by atoms with Gasteiger partial charge < -0.3 is 10.1 Å². The van der Waals surface area contributed by atoms with E-state index in [2.05, 4.69) is 15.8 Å². The summed E-state index contributed by atoms with van der Waals surface area (Å²) in [6.45, 7) is 0. The number of hydrogen-bond donors (Lipinski definition) is 2. The fourth-order valence-corrected chi connectivity index (χ4v) is 3.92. The number of carbonyl (C=O) groups excluding carboxylic acids is 3. The number of nitro groups is 1. The van der Waals surface area contributed by atoms with Gasteiger partial charge in [0.25, 0.3) is 17.5 Å². The number of para-hydroxylation sites is 2. The zero-order chi connectivity index (χ0) is 28.6. The van der Waals surface area contributed by atoms with Gasteiger partial charge in [0.2, 0.25) is 0 Å². The number of esters is 1. The Morgan fingerprint density at radius 2 is 1.55 bits per heavy atom. The van der Waals surface area contributed by atoms with Gasteiger partial charge in [0.15, 0.2) is 0 Å². The molecule has 4 aromatic rings. The minimum atomic E-state index is -0.704. The van der Waals surface area contributed by atoms with Crippen LogP contribution < -0.4 is 15.5 Å². The minimum Gasteiger partial charge on any atom is -0.422 e. The van der Waals surface area contributed by atoms with Crippen LogP contribution in [0.1, 0.15) is 36.6 Å². The Kier molecular flexibility index (Phi) is 8.85. The lowest BCUT2D eigenvalue weighted by Crippen LogP contribution is -2.21. The van der Waals surface area contributed by atoms with Crippen molar-refractivity contribution in [1.29, 1.82) is 0 Å². The fraction of sp³-hybridized carbons (Fsp3) is 0. The molecule has 2 amide bonds. The molecule has 0 radical (unpaired) electrons. The molecule has 12 heteroatoms. The summed E-state index contributed by atoms with van der Waals surface area (Å²) in [6.07, 6.45) is 1.29. The van der Waals surface area contributed by atoms with Crippen LogP contribution in [0.25, 0.3) is 0 Å². The van der Waals surface area contributed by atoms with Gasteiger partial charge >= 0.3 is 5.97 Å². The van der Waals surface area contributed by atoms with E-state index >= 15 is 0 Å². The number of halogens is 2. The second kappa shape index (κ2) is 12.7. The van der Waals surface area contributed by atoms with Crippen molar-refractivity contribution < 1.29 is 24.0 Å². The summed E-state index contributed by atoms with van der Waals surface area (Å²) in [6, 6.07) is 22.2. The summed E-state index contributed by atoms with van der Waals surface area (Å²) in [7, 11) is 0. The van der Waals surface area contributed by atoms with Crippen molar-refractivity contribution in [2.45, 2.75) is 0 Å². The van der Waals surface area contributed by atoms with E-state index in [0.717, 1.165) is 0 Å². The topological polar surface area (TPSA) is 140 Å². The van der Waals surface area contributed by atoms with Crippen molar-refractivity contribution >= 4 is 58.6 Å². The monoisotopic (exact) mass is 576 g/mol. The summed E-state index contributed by atoms with van der Waals surface area (Å²) in [5.74, 6) is -1.72. The van der Waals surface area contributed by atoms with Gasteiger partial charge in [0, 0.05) is 28.3 Å². The molecule has 4 rings (SSSR count). The van der Waals surface area contributed by atoms with E-state index in [1.165, 1.54) is 60.8 Å². The van der Waals surface area contributed by atoms with Crippen molar-refractivity contribution in [3.63, 3.8) is 0 Å². The Balaban J connectivity index is 1.44. The number of ether oxygens (including phenoxy) is 1. The number of benzene rings is 4. The first-order valence-electron chi connectivity index (χ1n) is 11.5. The molecule has 200 valence electrons. The van der Waals surface area contributed by atoms with Crippen molar-refractivity contribution in [1.82, 2.24) is 5.43 Å². The van der Waals surface area contributed by atoms with Gasteiger partial charge in [-0.2, -0.15) is 5.10 Å². The number of rotatable bonds is 8. The van der Waals surface area contributed by atoms with Crippen LogP contribution in [0.3, 0.4) is 0 Å². The number of amides is 2. The zero-order valence-corrected chi connectivity index (χ0v) is 21.8. The summed E-state index contributed by atoms with van der Waals surface area (Å²) in [5, 5.41) is 17.9. The standard InChI is InChI=1S/C28H18Cl2N4O6/c29-19-11-14-21(23(30)15-19)28(37)40-25-8-4-1-5-18(25)16-31-33-27(36)22-6-2-3-7-24(22)32-26(35)17-9-12-20(13-10-17)34(38)39/h1-16H,(H,32,35)(H,33,36)/b31-16-. The molecule has 0 fully saturated rings. The highest BCUT2D eigenvalue weighted by atomic mass is 35.5. The highest BCUT2D eigenvalue weighted by molar-refractivity contribution is 6.36. The minimum absolute atomic E-state index is 0.118. The van der Waals surface area contributed by atoms with Gasteiger partial charge in [-0.1, -0.05) is 47.5 Å². The molecule has 10 nitrogen and oxygen atoms in total. The van der Waals surface area contributed by atoms with Crippen LogP contribution in [0.15, 0.2) is 96.1 Å².